The van der Waals surface area contributed by atoms with Crippen LogP contribution in [0.2, 0.25) is 0 Å². The first-order valence-corrected chi connectivity index (χ1v) is 7.64. The first-order chi connectivity index (χ1) is 7.37. The first-order valence-electron chi connectivity index (χ1n) is 6.13. The van der Waals surface area contributed by atoms with Crippen molar-refractivity contribution in [2.24, 2.45) is 10.8 Å². The molecule has 0 bridgehead atoms. The van der Waals surface area contributed by atoms with Crippen LogP contribution in [0.3, 0.4) is 0 Å². The Labute approximate surface area is 117 Å². The average molecular weight is 302 g/mol. The lowest BCUT2D eigenvalue weighted by Crippen LogP contribution is -2.29. The van der Waals surface area contributed by atoms with Crippen LogP contribution in [0.1, 0.15) is 51.4 Å². The van der Waals surface area contributed by atoms with Crippen molar-refractivity contribution < 1.29 is 0 Å². The van der Waals surface area contributed by atoms with Crippen molar-refractivity contribution in [2.75, 3.05) is 0 Å². The molecule has 0 aliphatic heterocycles. The minimum Gasteiger partial charge on any atom is -0.101 e. The molecule has 2 spiro atoms. The molecule has 4 heteroatoms. The number of fused-ring (bicyclic) bond motifs is 1. The molecular formula is C12H16Cl4. The van der Waals surface area contributed by atoms with Crippen molar-refractivity contribution in [3.05, 3.63) is 0 Å². The summed E-state index contributed by atoms with van der Waals surface area (Å²) in [5.74, 6) is 0. The maximum atomic E-state index is 6.40. The molecule has 3 fully saturated rings. The quantitative estimate of drug-likeness (QED) is 0.521. The molecule has 0 amide bonds. The maximum absolute atomic E-state index is 6.40. The van der Waals surface area contributed by atoms with Crippen LogP contribution in [0.4, 0.5) is 0 Å². The van der Waals surface area contributed by atoms with E-state index in [1.165, 1.54) is 25.7 Å². The van der Waals surface area contributed by atoms with E-state index in [1.54, 1.807) is 0 Å². The van der Waals surface area contributed by atoms with Crippen LogP contribution in [-0.4, -0.2) is 8.67 Å². The van der Waals surface area contributed by atoms with Gasteiger partial charge in [-0.2, -0.15) is 0 Å². The number of rotatable bonds is 0. The molecule has 16 heavy (non-hydrogen) atoms. The van der Waals surface area contributed by atoms with E-state index in [9.17, 15) is 0 Å². The van der Waals surface area contributed by atoms with Gasteiger partial charge in [0, 0.05) is 10.8 Å². The van der Waals surface area contributed by atoms with Gasteiger partial charge in [-0.05, 0) is 25.7 Å². The Bertz CT molecular complexity index is 293. The van der Waals surface area contributed by atoms with Crippen molar-refractivity contribution in [3.8, 4) is 0 Å². The zero-order chi connectivity index (χ0) is 11.7. The topological polar surface area (TPSA) is 0 Å². The smallest absolute Gasteiger partial charge is 0.101 e. The molecular weight excluding hydrogens is 286 g/mol. The van der Waals surface area contributed by atoms with Gasteiger partial charge in [0.15, 0.2) is 0 Å². The normalized spacial score (nSPS) is 48.8. The van der Waals surface area contributed by atoms with Gasteiger partial charge in [-0.25, -0.2) is 0 Å². The fraction of sp³-hybridized carbons (Fsp3) is 1.00. The Morgan fingerprint density at radius 1 is 0.562 bits per heavy atom. The van der Waals surface area contributed by atoms with E-state index in [0.717, 1.165) is 25.7 Å². The third-order valence-electron chi connectivity index (χ3n) is 5.07. The second-order valence-electron chi connectivity index (χ2n) is 5.84. The molecule has 0 aromatic carbocycles. The highest BCUT2D eigenvalue weighted by Gasteiger charge is 2.85. The summed E-state index contributed by atoms with van der Waals surface area (Å²) in [5, 5.41) is 0. The monoisotopic (exact) mass is 300 g/mol. The third kappa shape index (κ3) is 1.37. The standard InChI is InChI=1S/C12H16Cl4/c13-11(14)7-9(11)5-3-1-2-4-6-10(9)8-12(10,15)16/h1-8H2/t9-,10-/m0/s1. The fourth-order valence-electron chi connectivity index (χ4n) is 3.94. The van der Waals surface area contributed by atoms with Gasteiger partial charge in [0.25, 0.3) is 0 Å². The average Bonchev–Trinajstić information content (AvgIpc) is 2.91. The molecule has 0 heterocycles. The van der Waals surface area contributed by atoms with Crippen LogP contribution in [0, 0.1) is 10.8 Å². The van der Waals surface area contributed by atoms with Crippen LogP contribution >= 0.6 is 46.4 Å². The van der Waals surface area contributed by atoms with Gasteiger partial charge in [-0.1, -0.05) is 25.7 Å². The molecule has 3 aliphatic rings. The maximum Gasteiger partial charge on any atom is 0.125 e. The predicted molar refractivity (Wildman–Crippen MR) is 70.7 cm³/mol. The van der Waals surface area contributed by atoms with Crippen molar-refractivity contribution in [2.45, 2.75) is 60.0 Å². The lowest BCUT2D eigenvalue weighted by molar-refractivity contribution is 0.207. The summed E-state index contributed by atoms with van der Waals surface area (Å²) in [4.78, 5) is 0. The van der Waals surface area contributed by atoms with Gasteiger partial charge in [0.05, 0.1) is 0 Å². The minimum absolute atomic E-state index is 0.00698. The Morgan fingerprint density at radius 3 is 1.12 bits per heavy atom. The van der Waals surface area contributed by atoms with E-state index in [2.05, 4.69) is 0 Å². The summed E-state index contributed by atoms with van der Waals surface area (Å²) in [6.45, 7) is 0. The Morgan fingerprint density at radius 2 is 0.875 bits per heavy atom. The summed E-state index contributed by atoms with van der Waals surface area (Å²) >= 11 is 25.6. The van der Waals surface area contributed by atoms with E-state index < -0.39 is 8.67 Å². The molecule has 92 valence electrons. The van der Waals surface area contributed by atoms with Gasteiger partial charge in [0.1, 0.15) is 8.67 Å². The summed E-state index contributed by atoms with van der Waals surface area (Å²) in [6, 6.07) is 0. The largest absolute Gasteiger partial charge is 0.125 e. The van der Waals surface area contributed by atoms with Crippen LogP contribution in [0.25, 0.3) is 0 Å². The highest BCUT2D eigenvalue weighted by Crippen LogP contribution is 2.87. The molecule has 0 aromatic heterocycles. The van der Waals surface area contributed by atoms with Gasteiger partial charge >= 0.3 is 0 Å². The fourth-order valence-corrected chi connectivity index (χ4v) is 5.95. The molecule has 0 N–H and O–H groups in total. The molecule has 0 nitrogen and oxygen atoms in total. The molecule has 3 saturated carbocycles. The minimum atomic E-state index is -0.574. The molecule has 3 rings (SSSR count). The van der Waals surface area contributed by atoms with Gasteiger partial charge in [-0.15, -0.1) is 46.4 Å². The molecule has 2 atom stereocenters. The summed E-state index contributed by atoms with van der Waals surface area (Å²) in [5.41, 5.74) is 0.0140. The molecule has 0 radical (unpaired) electrons. The van der Waals surface area contributed by atoms with Crippen LogP contribution < -0.4 is 0 Å². The molecule has 3 aliphatic carbocycles. The van der Waals surface area contributed by atoms with E-state index in [4.69, 9.17) is 46.4 Å². The summed E-state index contributed by atoms with van der Waals surface area (Å²) < 4.78 is -1.15. The molecule has 0 unspecified atom stereocenters. The molecule has 0 saturated heterocycles. The van der Waals surface area contributed by atoms with Crippen molar-refractivity contribution in [3.63, 3.8) is 0 Å². The zero-order valence-corrected chi connectivity index (χ0v) is 12.2. The second kappa shape index (κ2) is 3.38. The number of hydrogen-bond acceptors (Lipinski definition) is 0. The van der Waals surface area contributed by atoms with Gasteiger partial charge < -0.3 is 0 Å². The van der Waals surface area contributed by atoms with E-state index >= 15 is 0 Å². The number of halogens is 4. The third-order valence-corrected chi connectivity index (χ3v) is 7.05. The summed E-state index contributed by atoms with van der Waals surface area (Å²) in [7, 11) is 0. The van der Waals surface area contributed by atoms with E-state index in [-0.39, 0.29) is 10.8 Å². The van der Waals surface area contributed by atoms with Crippen molar-refractivity contribution >= 4 is 46.4 Å². The SMILES string of the molecule is ClC1(Cl)C[C@]12CCCCCC[C@]21CC1(Cl)Cl. The van der Waals surface area contributed by atoms with Crippen LogP contribution in [0.15, 0.2) is 0 Å². The first kappa shape index (κ1) is 12.2. The number of hydrogen-bond donors (Lipinski definition) is 0. The molecule has 0 aromatic rings. The Balaban J connectivity index is 1.94. The van der Waals surface area contributed by atoms with Gasteiger partial charge in [0.2, 0.25) is 0 Å². The summed E-state index contributed by atoms with van der Waals surface area (Å²) in [6.07, 6.45) is 8.97. The van der Waals surface area contributed by atoms with Crippen LogP contribution in [0.5, 0.6) is 0 Å². The van der Waals surface area contributed by atoms with E-state index in [1.807, 2.05) is 0 Å². The van der Waals surface area contributed by atoms with Gasteiger partial charge in [-0.3, -0.25) is 0 Å². The van der Waals surface area contributed by atoms with Crippen molar-refractivity contribution in [1.82, 2.24) is 0 Å². The highest BCUT2D eigenvalue weighted by molar-refractivity contribution is 6.54. The predicted octanol–water partition coefficient (Wildman–Crippen LogP) is 5.47. The number of alkyl halides is 4. The Hall–Kier alpha value is 1.16. The second-order valence-corrected chi connectivity index (χ2v) is 8.81. The lowest BCUT2D eigenvalue weighted by atomic mass is 9.75. The Kier molecular flexibility index (Phi) is 2.58. The highest BCUT2D eigenvalue weighted by atomic mass is 35.5. The van der Waals surface area contributed by atoms with E-state index in [0.29, 0.717) is 0 Å². The van der Waals surface area contributed by atoms with Crippen molar-refractivity contribution in [1.29, 1.82) is 0 Å². The lowest BCUT2D eigenvalue weighted by Gasteiger charge is -2.32. The van der Waals surface area contributed by atoms with Crippen LogP contribution in [-0.2, 0) is 0 Å². The zero-order valence-electron chi connectivity index (χ0n) is 9.17.